The smallest absolute Gasteiger partial charge is 0.316 e. The molecule has 18 heavy (non-hydrogen) atoms. The van der Waals surface area contributed by atoms with Crippen LogP contribution in [0.1, 0.15) is 12.6 Å². The van der Waals surface area contributed by atoms with Crippen LogP contribution in [-0.2, 0) is 9.53 Å². The number of nitrogens with zero attached hydrogens (tertiary/aromatic N) is 1. The molecule has 2 rings (SSSR count). The van der Waals surface area contributed by atoms with Gasteiger partial charge in [0.2, 0.25) is 0 Å². The van der Waals surface area contributed by atoms with Gasteiger partial charge in [0.15, 0.2) is 0 Å². The number of ether oxygens (including phenoxy) is 1. The highest BCUT2D eigenvalue weighted by atomic mass is 32.2. The minimum atomic E-state index is -0.180. The van der Waals surface area contributed by atoms with Crippen LogP contribution in [0.15, 0.2) is 35.2 Å². The molecule has 0 aliphatic rings. The zero-order valence-electron chi connectivity index (χ0n) is 10.5. The Labute approximate surface area is 111 Å². The maximum Gasteiger partial charge on any atom is 0.316 e. The fraction of sp³-hybridized carbons (Fsp3) is 0.286. The number of aryl methyl sites for hydroxylation is 1. The molecule has 1 aromatic carbocycles. The Hall–Kier alpha value is -1.55. The molecule has 4 heteroatoms. The summed E-state index contributed by atoms with van der Waals surface area (Å²) in [7, 11) is 0. The van der Waals surface area contributed by atoms with E-state index < -0.39 is 0 Å². The van der Waals surface area contributed by atoms with E-state index in [9.17, 15) is 4.79 Å². The van der Waals surface area contributed by atoms with Gasteiger partial charge in [-0.05, 0) is 26.0 Å². The first-order valence-electron chi connectivity index (χ1n) is 5.85. The molecule has 0 N–H and O–H groups in total. The summed E-state index contributed by atoms with van der Waals surface area (Å²) in [6.45, 7) is 4.20. The molecule has 0 saturated carbocycles. The molecule has 0 saturated heterocycles. The van der Waals surface area contributed by atoms with Crippen molar-refractivity contribution in [3.8, 4) is 0 Å². The molecule has 0 fully saturated rings. The van der Waals surface area contributed by atoms with Crippen LogP contribution < -0.4 is 0 Å². The highest BCUT2D eigenvalue weighted by Gasteiger charge is 2.07. The quantitative estimate of drug-likeness (QED) is 0.626. The zero-order valence-corrected chi connectivity index (χ0v) is 11.3. The van der Waals surface area contributed by atoms with E-state index in [1.54, 1.807) is 0 Å². The third-order valence-electron chi connectivity index (χ3n) is 2.46. The van der Waals surface area contributed by atoms with Crippen molar-refractivity contribution in [2.75, 3.05) is 12.4 Å². The predicted octanol–water partition coefficient (Wildman–Crippen LogP) is 3.20. The molecule has 0 aliphatic heterocycles. The highest BCUT2D eigenvalue weighted by molar-refractivity contribution is 8.00. The SMILES string of the molecule is CCOC(=O)CSc1cc(C)nc2ccccc12. The largest absolute Gasteiger partial charge is 0.465 e. The second kappa shape index (κ2) is 5.87. The van der Waals surface area contributed by atoms with E-state index in [1.807, 2.05) is 44.2 Å². The van der Waals surface area contributed by atoms with Crippen molar-refractivity contribution in [3.05, 3.63) is 36.0 Å². The molecule has 1 aromatic heterocycles. The number of esters is 1. The molecule has 0 unspecified atom stereocenters. The Balaban J connectivity index is 2.24. The van der Waals surface area contributed by atoms with E-state index in [0.717, 1.165) is 21.5 Å². The molecule has 0 amide bonds. The second-order valence-corrected chi connectivity index (χ2v) is 4.89. The van der Waals surface area contributed by atoms with Crippen LogP contribution in [0.5, 0.6) is 0 Å². The lowest BCUT2D eigenvalue weighted by molar-refractivity contribution is -0.139. The van der Waals surface area contributed by atoms with Crippen LogP contribution in [0.2, 0.25) is 0 Å². The van der Waals surface area contributed by atoms with Gasteiger partial charge in [-0.25, -0.2) is 0 Å². The number of carbonyl (C=O) groups excluding carboxylic acids is 1. The van der Waals surface area contributed by atoms with Gasteiger partial charge in [0.25, 0.3) is 0 Å². The molecule has 0 radical (unpaired) electrons. The lowest BCUT2D eigenvalue weighted by Gasteiger charge is -2.07. The molecule has 94 valence electrons. The van der Waals surface area contributed by atoms with Gasteiger partial charge in [-0.3, -0.25) is 9.78 Å². The summed E-state index contributed by atoms with van der Waals surface area (Å²) < 4.78 is 4.93. The number of hydrogen-bond donors (Lipinski definition) is 0. The fourth-order valence-corrected chi connectivity index (χ4v) is 2.67. The minimum Gasteiger partial charge on any atom is -0.465 e. The van der Waals surface area contributed by atoms with Gasteiger partial charge in [0.1, 0.15) is 0 Å². The number of benzene rings is 1. The summed E-state index contributed by atoms with van der Waals surface area (Å²) in [6.07, 6.45) is 0. The van der Waals surface area contributed by atoms with Gasteiger partial charge in [-0.15, -0.1) is 11.8 Å². The molecule has 1 heterocycles. The summed E-state index contributed by atoms with van der Waals surface area (Å²) in [6, 6.07) is 9.96. The number of thioether (sulfide) groups is 1. The zero-order chi connectivity index (χ0) is 13.0. The van der Waals surface area contributed by atoms with E-state index in [4.69, 9.17) is 4.74 Å². The maximum absolute atomic E-state index is 11.4. The average Bonchev–Trinajstić information content (AvgIpc) is 2.36. The van der Waals surface area contributed by atoms with E-state index in [0.29, 0.717) is 12.4 Å². The third-order valence-corrected chi connectivity index (χ3v) is 3.49. The van der Waals surface area contributed by atoms with Crippen LogP contribution in [-0.4, -0.2) is 23.3 Å². The van der Waals surface area contributed by atoms with Crippen molar-refractivity contribution in [2.45, 2.75) is 18.7 Å². The Morgan fingerprint density at radius 2 is 2.17 bits per heavy atom. The number of para-hydroxylation sites is 1. The van der Waals surface area contributed by atoms with E-state index in [1.165, 1.54) is 11.8 Å². The molecule has 0 atom stereocenters. The van der Waals surface area contributed by atoms with Crippen LogP contribution in [0, 0.1) is 6.92 Å². The number of aromatic nitrogens is 1. The molecule has 0 spiro atoms. The van der Waals surface area contributed by atoms with Crippen molar-refractivity contribution in [1.82, 2.24) is 4.98 Å². The van der Waals surface area contributed by atoms with Gasteiger partial charge in [-0.2, -0.15) is 0 Å². The van der Waals surface area contributed by atoms with Gasteiger partial charge in [-0.1, -0.05) is 18.2 Å². The molecule has 3 nitrogen and oxygen atoms in total. The standard InChI is InChI=1S/C14H15NO2S/c1-3-17-14(16)9-18-13-8-10(2)15-12-7-5-4-6-11(12)13/h4-8H,3,9H2,1-2H3. The molecule has 0 aliphatic carbocycles. The van der Waals surface area contributed by atoms with E-state index in [-0.39, 0.29) is 5.97 Å². The Morgan fingerprint density at radius 1 is 1.39 bits per heavy atom. The monoisotopic (exact) mass is 261 g/mol. The maximum atomic E-state index is 11.4. The van der Waals surface area contributed by atoms with Crippen LogP contribution >= 0.6 is 11.8 Å². The van der Waals surface area contributed by atoms with Crippen LogP contribution in [0.4, 0.5) is 0 Å². The number of fused-ring (bicyclic) bond motifs is 1. The Bertz CT molecular complexity index is 569. The van der Waals surface area contributed by atoms with Gasteiger partial charge in [0, 0.05) is 16.0 Å². The summed E-state index contributed by atoms with van der Waals surface area (Å²) in [5.41, 5.74) is 1.92. The average molecular weight is 261 g/mol. The van der Waals surface area contributed by atoms with Crippen molar-refractivity contribution in [1.29, 1.82) is 0 Å². The topological polar surface area (TPSA) is 39.2 Å². The van der Waals surface area contributed by atoms with Crippen LogP contribution in [0.25, 0.3) is 10.9 Å². The summed E-state index contributed by atoms with van der Waals surface area (Å²) in [4.78, 5) is 16.9. The van der Waals surface area contributed by atoms with Crippen molar-refractivity contribution in [2.24, 2.45) is 0 Å². The first kappa shape index (κ1) is 12.9. The van der Waals surface area contributed by atoms with Crippen molar-refractivity contribution >= 4 is 28.6 Å². The van der Waals surface area contributed by atoms with Crippen LogP contribution in [0.3, 0.4) is 0 Å². The Morgan fingerprint density at radius 3 is 2.94 bits per heavy atom. The third kappa shape index (κ3) is 3.01. The van der Waals surface area contributed by atoms with Crippen molar-refractivity contribution in [3.63, 3.8) is 0 Å². The normalized spacial score (nSPS) is 10.6. The van der Waals surface area contributed by atoms with Gasteiger partial charge >= 0.3 is 5.97 Å². The van der Waals surface area contributed by atoms with Gasteiger partial charge < -0.3 is 4.74 Å². The second-order valence-electron chi connectivity index (χ2n) is 3.87. The highest BCUT2D eigenvalue weighted by Crippen LogP contribution is 2.27. The lowest BCUT2D eigenvalue weighted by Crippen LogP contribution is -2.06. The molecule has 0 bridgehead atoms. The van der Waals surface area contributed by atoms with Crippen molar-refractivity contribution < 1.29 is 9.53 Å². The van der Waals surface area contributed by atoms with E-state index >= 15 is 0 Å². The molecular weight excluding hydrogens is 246 g/mol. The predicted molar refractivity (Wildman–Crippen MR) is 73.8 cm³/mol. The molecular formula is C14H15NO2S. The number of carbonyl (C=O) groups is 1. The summed E-state index contributed by atoms with van der Waals surface area (Å²) in [5.74, 6) is 0.155. The van der Waals surface area contributed by atoms with E-state index in [2.05, 4.69) is 4.98 Å². The number of hydrogen-bond acceptors (Lipinski definition) is 4. The number of pyridine rings is 1. The summed E-state index contributed by atoms with van der Waals surface area (Å²) >= 11 is 1.50. The lowest BCUT2D eigenvalue weighted by atomic mass is 10.2. The Kier molecular flexibility index (Phi) is 4.20. The first-order chi connectivity index (χ1) is 8.70. The fourth-order valence-electron chi connectivity index (χ4n) is 1.73. The van der Waals surface area contributed by atoms with Gasteiger partial charge in [0.05, 0.1) is 17.9 Å². The molecule has 2 aromatic rings. The minimum absolute atomic E-state index is 0.180. The number of rotatable bonds is 4. The first-order valence-corrected chi connectivity index (χ1v) is 6.84. The summed E-state index contributed by atoms with van der Waals surface area (Å²) in [5, 5.41) is 1.08.